The first-order chi connectivity index (χ1) is 59.0. The first kappa shape index (κ1) is 71.1. The maximum Gasteiger partial charge on any atom is 0.0540 e. The summed E-state index contributed by atoms with van der Waals surface area (Å²) in [7, 11) is 0. The van der Waals surface area contributed by atoms with E-state index in [-0.39, 0.29) is 10.8 Å². The van der Waals surface area contributed by atoms with Crippen molar-refractivity contribution in [3.63, 3.8) is 0 Å². The van der Waals surface area contributed by atoms with E-state index in [4.69, 9.17) is 0 Å². The molecule has 0 radical (unpaired) electrons. The van der Waals surface area contributed by atoms with E-state index in [0.29, 0.717) is 0 Å². The highest BCUT2D eigenvalue weighted by atomic mass is 32.1. The minimum Gasteiger partial charge on any atom is -0.310 e. The number of anilines is 6. The van der Waals surface area contributed by atoms with Crippen LogP contribution in [0.1, 0.15) is 49.9 Å². The van der Waals surface area contributed by atoms with Gasteiger partial charge in [0.1, 0.15) is 0 Å². The summed E-state index contributed by atoms with van der Waals surface area (Å²) in [6.45, 7) is 9.52. The molecule has 0 saturated carbocycles. The molecule has 2 aromatic heterocycles. The molecule has 566 valence electrons. The lowest BCUT2D eigenvalue weighted by Crippen LogP contribution is -2.16. The van der Waals surface area contributed by atoms with Gasteiger partial charge < -0.3 is 9.80 Å². The average molecular weight is 1570 g/mol. The van der Waals surface area contributed by atoms with Crippen LogP contribution in [0.15, 0.2) is 413 Å². The molecule has 19 aromatic carbocycles. The Morgan fingerprint density at radius 3 is 1.01 bits per heavy atom. The highest BCUT2D eigenvalue weighted by Gasteiger charge is 2.39. The Bertz CT molecular complexity index is 7690. The second-order valence-corrected chi connectivity index (χ2v) is 35.4. The first-order valence-electron chi connectivity index (χ1n) is 41.7. The molecule has 2 aliphatic rings. The van der Waals surface area contributed by atoms with E-state index in [1.807, 2.05) is 22.7 Å². The number of fused-ring (bicyclic) bond motifs is 14. The molecular weight excluding hydrogens is 1490 g/mol. The molecule has 2 nitrogen and oxygen atoms in total. The predicted octanol–water partition coefficient (Wildman–Crippen LogP) is 33.6. The zero-order chi connectivity index (χ0) is 79.9. The second kappa shape index (κ2) is 28.3. The van der Waals surface area contributed by atoms with E-state index in [0.717, 1.165) is 45.3 Å². The smallest absolute Gasteiger partial charge is 0.0540 e. The van der Waals surface area contributed by atoms with Gasteiger partial charge in [-0.2, -0.15) is 0 Å². The van der Waals surface area contributed by atoms with Crippen molar-refractivity contribution in [2.45, 2.75) is 38.5 Å². The van der Waals surface area contributed by atoms with Gasteiger partial charge in [-0.3, -0.25) is 0 Å². The van der Waals surface area contributed by atoms with Crippen molar-refractivity contribution in [1.29, 1.82) is 0 Å². The van der Waals surface area contributed by atoms with Gasteiger partial charge >= 0.3 is 0 Å². The quantitative estimate of drug-likeness (QED) is 0.107. The lowest BCUT2D eigenvalue weighted by Gasteiger charge is -2.29. The summed E-state index contributed by atoms with van der Waals surface area (Å²) in [6.07, 6.45) is 0. The normalized spacial score (nSPS) is 13.0. The Balaban J connectivity index is 0.563. The molecule has 0 bridgehead atoms. The molecule has 0 saturated heterocycles. The zero-order valence-corrected chi connectivity index (χ0v) is 68.6. The first-order valence-corrected chi connectivity index (χ1v) is 43.3. The summed E-state index contributed by atoms with van der Waals surface area (Å²) in [5, 5.41) is 10.00. The van der Waals surface area contributed by atoms with E-state index >= 15 is 0 Å². The third-order valence-electron chi connectivity index (χ3n) is 25.9. The minimum absolute atomic E-state index is 0.135. The molecule has 0 amide bonds. The molecule has 2 aliphatic carbocycles. The van der Waals surface area contributed by atoms with Crippen LogP contribution in [0.4, 0.5) is 34.1 Å². The van der Waals surface area contributed by atoms with Crippen LogP contribution in [-0.4, -0.2) is 0 Å². The van der Waals surface area contributed by atoms with Crippen molar-refractivity contribution >= 4 is 119 Å². The van der Waals surface area contributed by atoms with Crippen LogP contribution in [0.2, 0.25) is 0 Å². The highest BCUT2D eigenvalue weighted by molar-refractivity contribution is 7.27. The van der Waals surface area contributed by atoms with Crippen LogP contribution in [-0.2, 0) is 10.8 Å². The summed E-state index contributed by atoms with van der Waals surface area (Å²) in [5.74, 6) is 0. The Morgan fingerprint density at radius 2 is 0.500 bits per heavy atom. The Morgan fingerprint density at radius 1 is 0.192 bits per heavy atom. The number of nitrogens with zero attached hydrogens (tertiary/aromatic N) is 2. The molecule has 23 rings (SSSR count). The summed E-state index contributed by atoms with van der Waals surface area (Å²) >= 11 is 3.79. The van der Waals surface area contributed by atoms with Gasteiger partial charge in [0.25, 0.3) is 0 Å². The van der Waals surface area contributed by atoms with Crippen molar-refractivity contribution in [3.05, 3.63) is 435 Å². The Labute approximate surface area is 707 Å². The third-order valence-corrected chi connectivity index (χ3v) is 28.4. The summed E-state index contributed by atoms with van der Waals surface area (Å²) in [4.78, 5) is 4.92. The fourth-order valence-corrected chi connectivity index (χ4v) is 22.6. The fourth-order valence-electron chi connectivity index (χ4n) is 20.0. The van der Waals surface area contributed by atoms with Gasteiger partial charge in [0.15, 0.2) is 0 Å². The number of hydrogen-bond donors (Lipinski definition) is 0. The topological polar surface area (TPSA) is 6.48 Å². The monoisotopic (exact) mass is 1560 g/mol. The van der Waals surface area contributed by atoms with Crippen LogP contribution < -0.4 is 9.80 Å². The van der Waals surface area contributed by atoms with Gasteiger partial charge in [0, 0.05) is 96.2 Å². The van der Waals surface area contributed by atoms with E-state index in [1.165, 1.54) is 184 Å². The van der Waals surface area contributed by atoms with Crippen LogP contribution >= 0.6 is 22.7 Å². The minimum atomic E-state index is -0.142. The van der Waals surface area contributed by atoms with Gasteiger partial charge in [0.05, 0.1) is 11.4 Å². The van der Waals surface area contributed by atoms with Crippen molar-refractivity contribution < 1.29 is 0 Å². The standard InChI is InChI=1S/C116H80N2S2/c1-115(2)105-39-12-7-24-93(105)98-32-17-29-90(110(98)115)79-58-66-88(67-59-79)117(107-41-14-9-26-95(107)100-34-20-36-102-97-28-11-16-43-109(97)119-113(100)102)86-62-54-75(55-63-86)74-44-46-76(47-45-74)83-52-49-78-50-53-84(72-85(78)71-83)92-31-19-37-103-104-38-21-35-101(114(104)120-112(92)103)96-27-10-15-42-108(96)118(87-64-56-77(57-65-87)82-51-48-73-22-5-6-23-81(73)70-82)89-68-60-80(61-69-89)91-30-18-33-99-94-25-8-13-40-106(94)116(3,4)111(91)99/h5-72H,1-4H3. The van der Waals surface area contributed by atoms with E-state index in [2.05, 4.69) is 450 Å². The molecule has 0 N–H and O–H groups in total. The van der Waals surface area contributed by atoms with Gasteiger partial charge in [-0.05, 0) is 218 Å². The third kappa shape index (κ3) is 11.6. The van der Waals surface area contributed by atoms with E-state index < -0.39 is 0 Å². The maximum atomic E-state index is 2.46. The largest absolute Gasteiger partial charge is 0.310 e. The van der Waals surface area contributed by atoms with Crippen LogP contribution in [0.25, 0.3) is 173 Å². The molecule has 0 aliphatic heterocycles. The van der Waals surface area contributed by atoms with Crippen LogP contribution in [0.5, 0.6) is 0 Å². The number of hydrogen-bond acceptors (Lipinski definition) is 4. The molecular formula is C116H80N2S2. The van der Waals surface area contributed by atoms with Gasteiger partial charge in [-0.25, -0.2) is 0 Å². The lowest BCUT2D eigenvalue weighted by atomic mass is 9.79. The number of rotatable bonds is 14. The lowest BCUT2D eigenvalue weighted by molar-refractivity contribution is 0.662. The van der Waals surface area contributed by atoms with Crippen LogP contribution in [0, 0.1) is 0 Å². The average Bonchev–Trinajstić information content (AvgIpc) is 1.57. The number of thiophene rings is 2. The molecule has 0 atom stereocenters. The Hall–Kier alpha value is -14.3. The van der Waals surface area contributed by atoms with Crippen molar-refractivity contribution in [1.82, 2.24) is 0 Å². The molecule has 120 heavy (non-hydrogen) atoms. The maximum absolute atomic E-state index is 2.46. The molecule has 0 spiro atoms. The molecule has 0 fully saturated rings. The summed E-state index contributed by atoms with van der Waals surface area (Å²) in [5.41, 5.74) is 36.4. The highest BCUT2D eigenvalue weighted by Crippen LogP contribution is 2.56. The van der Waals surface area contributed by atoms with Gasteiger partial charge in [-0.15, -0.1) is 22.7 Å². The SMILES string of the molecule is CC1(C)c2ccccc2-c2cccc(-c3ccc(N(c4ccc(-c5ccc(-c6ccc7ccc(-c8cccc9c8sc8c(-c%10ccccc%10N(c%10ccc(-c%11ccc%12ccccc%12c%11)cc%10)c%10ccc(-c%11cccc%12c%11C(C)(C)c%11ccccc%11-%12)cc%10)cccc89)cc7c6)cc5)cc4)c4ccccc4-c4cccc5c4sc4ccccc45)cc3)c21. The summed E-state index contributed by atoms with van der Waals surface area (Å²) in [6, 6.07) is 154. The zero-order valence-electron chi connectivity index (χ0n) is 67.0. The Kier molecular flexibility index (Phi) is 16.7. The molecule has 21 aromatic rings. The number of para-hydroxylation sites is 2. The van der Waals surface area contributed by atoms with Crippen molar-refractivity contribution in [3.8, 4) is 111 Å². The van der Waals surface area contributed by atoms with Crippen LogP contribution in [0.3, 0.4) is 0 Å². The molecule has 0 unspecified atom stereocenters. The second-order valence-electron chi connectivity index (χ2n) is 33.4. The number of benzene rings is 19. The van der Waals surface area contributed by atoms with Crippen molar-refractivity contribution in [2.24, 2.45) is 0 Å². The van der Waals surface area contributed by atoms with E-state index in [9.17, 15) is 0 Å². The van der Waals surface area contributed by atoms with E-state index in [1.54, 1.807) is 0 Å². The molecule has 2 heterocycles. The summed E-state index contributed by atoms with van der Waals surface area (Å²) < 4.78 is 5.14. The molecule has 4 heteroatoms. The van der Waals surface area contributed by atoms with Crippen molar-refractivity contribution in [2.75, 3.05) is 9.80 Å². The fraction of sp³-hybridized carbons (Fsp3) is 0.0517. The predicted molar refractivity (Wildman–Crippen MR) is 515 cm³/mol. The van der Waals surface area contributed by atoms with Gasteiger partial charge in [0.2, 0.25) is 0 Å². The van der Waals surface area contributed by atoms with Gasteiger partial charge in [-0.1, -0.05) is 355 Å².